The molecule has 8 heteroatoms. The summed E-state index contributed by atoms with van der Waals surface area (Å²) in [6.07, 6.45) is 5.70. The first-order valence-electron chi connectivity index (χ1n) is 6.70. The van der Waals surface area contributed by atoms with Gasteiger partial charge in [-0.15, -0.1) is 0 Å². The Morgan fingerprint density at radius 2 is 2.14 bits per heavy atom. The van der Waals surface area contributed by atoms with Crippen molar-refractivity contribution in [3.05, 3.63) is 29.0 Å². The van der Waals surface area contributed by atoms with Crippen molar-refractivity contribution in [1.29, 1.82) is 0 Å². The minimum absolute atomic E-state index is 0.100. The van der Waals surface area contributed by atoms with E-state index in [0.717, 1.165) is 19.1 Å². The normalized spacial score (nSPS) is 17.0. The molecule has 2 rings (SSSR count). The van der Waals surface area contributed by atoms with Crippen LogP contribution in [0.2, 0.25) is 5.02 Å². The first-order chi connectivity index (χ1) is 9.87. The van der Waals surface area contributed by atoms with Gasteiger partial charge in [-0.1, -0.05) is 11.6 Å². The van der Waals surface area contributed by atoms with Gasteiger partial charge in [-0.3, -0.25) is 9.78 Å². The number of piperidine rings is 1. The zero-order chi connectivity index (χ0) is 15.5. The van der Waals surface area contributed by atoms with E-state index in [1.54, 1.807) is 17.2 Å². The van der Waals surface area contributed by atoms with E-state index in [-0.39, 0.29) is 11.8 Å². The lowest BCUT2D eigenvalue weighted by Crippen LogP contribution is -2.41. The molecule has 0 radical (unpaired) electrons. The minimum Gasteiger partial charge on any atom is -0.339 e. The highest BCUT2D eigenvalue weighted by molar-refractivity contribution is 7.88. The zero-order valence-corrected chi connectivity index (χ0v) is 13.3. The van der Waals surface area contributed by atoms with Crippen LogP contribution >= 0.6 is 11.6 Å². The van der Waals surface area contributed by atoms with E-state index in [1.807, 2.05) is 0 Å². The van der Waals surface area contributed by atoms with Crippen LogP contribution in [0.4, 0.5) is 0 Å². The molecule has 1 aliphatic rings. The van der Waals surface area contributed by atoms with Gasteiger partial charge in [-0.05, 0) is 24.8 Å². The number of aromatic nitrogens is 1. The van der Waals surface area contributed by atoms with Crippen molar-refractivity contribution in [2.45, 2.75) is 12.8 Å². The van der Waals surface area contributed by atoms with Gasteiger partial charge in [0.2, 0.25) is 10.0 Å². The van der Waals surface area contributed by atoms with Crippen molar-refractivity contribution < 1.29 is 13.2 Å². The zero-order valence-electron chi connectivity index (χ0n) is 11.8. The predicted octanol–water partition coefficient (Wildman–Crippen LogP) is 1.14. The molecule has 1 saturated heterocycles. The number of hydrogen-bond donors (Lipinski definition) is 1. The first-order valence-corrected chi connectivity index (χ1v) is 8.97. The van der Waals surface area contributed by atoms with Gasteiger partial charge in [-0.2, -0.15) is 0 Å². The third-order valence-corrected chi connectivity index (χ3v) is 4.53. The van der Waals surface area contributed by atoms with E-state index < -0.39 is 10.0 Å². The molecule has 116 valence electrons. The Hall–Kier alpha value is -1.18. The SMILES string of the molecule is CS(=O)(=O)NCC1CCN(C(=O)c2ccncc2Cl)CC1. The van der Waals surface area contributed by atoms with Crippen LogP contribution in [0, 0.1) is 5.92 Å². The van der Waals surface area contributed by atoms with Crippen LogP contribution in [0.25, 0.3) is 0 Å². The van der Waals surface area contributed by atoms with Crippen molar-refractivity contribution in [3.63, 3.8) is 0 Å². The molecule has 1 N–H and O–H groups in total. The van der Waals surface area contributed by atoms with Crippen molar-refractivity contribution in [2.24, 2.45) is 5.92 Å². The van der Waals surface area contributed by atoms with E-state index in [1.165, 1.54) is 6.20 Å². The molecule has 2 heterocycles. The van der Waals surface area contributed by atoms with Gasteiger partial charge in [0, 0.05) is 32.0 Å². The summed E-state index contributed by atoms with van der Waals surface area (Å²) >= 11 is 5.98. The number of hydrogen-bond acceptors (Lipinski definition) is 4. The molecule has 1 fully saturated rings. The Morgan fingerprint density at radius 1 is 1.48 bits per heavy atom. The Balaban J connectivity index is 1.89. The number of pyridine rings is 1. The summed E-state index contributed by atoms with van der Waals surface area (Å²) < 4.78 is 24.7. The maximum Gasteiger partial charge on any atom is 0.255 e. The van der Waals surface area contributed by atoms with Crippen molar-refractivity contribution >= 4 is 27.5 Å². The molecular weight excluding hydrogens is 314 g/mol. The second kappa shape index (κ2) is 6.72. The van der Waals surface area contributed by atoms with Crippen LogP contribution in [0.5, 0.6) is 0 Å². The number of nitrogens with one attached hydrogen (secondary N) is 1. The molecule has 0 aliphatic carbocycles. The average molecular weight is 332 g/mol. The number of carbonyl (C=O) groups excluding carboxylic acids is 1. The standard InChI is InChI=1S/C13H18ClN3O3S/c1-21(19,20)16-8-10-3-6-17(7-4-10)13(18)11-2-5-15-9-12(11)14/h2,5,9-10,16H,3-4,6-8H2,1H3. The Morgan fingerprint density at radius 3 is 2.71 bits per heavy atom. The topological polar surface area (TPSA) is 79.4 Å². The molecule has 6 nitrogen and oxygen atoms in total. The molecular formula is C13H18ClN3O3S. The molecule has 1 amide bonds. The van der Waals surface area contributed by atoms with E-state index in [9.17, 15) is 13.2 Å². The van der Waals surface area contributed by atoms with E-state index in [2.05, 4.69) is 9.71 Å². The van der Waals surface area contributed by atoms with Crippen LogP contribution < -0.4 is 4.72 Å². The highest BCUT2D eigenvalue weighted by Gasteiger charge is 2.25. The largest absolute Gasteiger partial charge is 0.339 e. The molecule has 0 atom stereocenters. The molecule has 0 saturated carbocycles. The van der Waals surface area contributed by atoms with Gasteiger partial charge in [0.15, 0.2) is 0 Å². The average Bonchev–Trinajstić information content (AvgIpc) is 2.45. The molecule has 0 unspecified atom stereocenters. The van der Waals surface area contributed by atoms with Crippen LogP contribution in [0.15, 0.2) is 18.5 Å². The number of amides is 1. The number of rotatable bonds is 4. The summed E-state index contributed by atoms with van der Waals surface area (Å²) in [5.74, 6) is 0.161. The Bertz CT molecular complexity index is 613. The Labute approximate surface area is 129 Å². The smallest absolute Gasteiger partial charge is 0.255 e. The van der Waals surface area contributed by atoms with E-state index in [0.29, 0.717) is 30.2 Å². The molecule has 0 bridgehead atoms. The van der Waals surface area contributed by atoms with Gasteiger partial charge < -0.3 is 4.90 Å². The second-order valence-electron chi connectivity index (χ2n) is 5.21. The fraction of sp³-hybridized carbons (Fsp3) is 0.538. The maximum absolute atomic E-state index is 12.3. The highest BCUT2D eigenvalue weighted by atomic mass is 35.5. The number of sulfonamides is 1. The number of nitrogens with zero attached hydrogens (tertiary/aromatic N) is 2. The summed E-state index contributed by atoms with van der Waals surface area (Å²) in [6.45, 7) is 1.64. The van der Waals surface area contributed by atoms with Crippen LogP contribution in [0.3, 0.4) is 0 Å². The summed E-state index contributed by atoms with van der Waals surface area (Å²) in [5.41, 5.74) is 0.458. The quantitative estimate of drug-likeness (QED) is 0.897. The molecule has 1 aliphatic heterocycles. The molecule has 21 heavy (non-hydrogen) atoms. The second-order valence-corrected chi connectivity index (χ2v) is 7.45. The maximum atomic E-state index is 12.3. The van der Waals surface area contributed by atoms with Crippen molar-refractivity contribution in [1.82, 2.24) is 14.6 Å². The van der Waals surface area contributed by atoms with Gasteiger partial charge in [0.05, 0.1) is 16.8 Å². The minimum atomic E-state index is -3.16. The van der Waals surface area contributed by atoms with Crippen LogP contribution in [-0.2, 0) is 10.0 Å². The van der Waals surface area contributed by atoms with Gasteiger partial charge in [0.1, 0.15) is 0 Å². The lowest BCUT2D eigenvalue weighted by atomic mass is 9.96. The molecule has 0 aromatic carbocycles. The van der Waals surface area contributed by atoms with E-state index in [4.69, 9.17) is 11.6 Å². The van der Waals surface area contributed by atoms with Crippen LogP contribution in [0.1, 0.15) is 23.2 Å². The monoisotopic (exact) mass is 331 g/mol. The highest BCUT2D eigenvalue weighted by Crippen LogP contribution is 2.21. The predicted molar refractivity (Wildman–Crippen MR) is 80.7 cm³/mol. The number of likely N-dealkylation sites (tertiary alicyclic amines) is 1. The summed E-state index contributed by atoms with van der Waals surface area (Å²) in [5, 5.41) is 0.350. The summed E-state index contributed by atoms with van der Waals surface area (Å²) in [6, 6.07) is 1.61. The lowest BCUT2D eigenvalue weighted by molar-refractivity contribution is 0.0692. The van der Waals surface area contributed by atoms with Crippen molar-refractivity contribution in [3.8, 4) is 0 Å². The van der Waals surface area contributed by atoms with Crippen molar-refractivity contribution in [2.75, 3.05) is 25.9 Å². The molecule has 1 aromatic rings. The lowest BCUT2D eigenvalue weighted by Gasteiger charge is -2.32. The third kappa shape index (κ3) is 4.66. The fourth-order valence-corrected chi connectivity index (χ4v) is 3.07. The first kappa shape index (κ1) is 16.2. The van der Waals surface area contributed by atoms with Gasteiger partial charge >= 0.3 is 0 Å². The summed E-state index contributed by atoms with van der Waals surface area (Å²) in [7, 11) is -3.16. The third-order valence-electron chi connectivity index (χ3n) is 3.54. The van der Waals surface area contributed by atoms with Gasteiger partial charge in [0.25, 0.3) is 5.91 Å². The Kier molecular flexibility index (Phi) is 5.18. The summed E-state index contributed by atoms with van der Waals surface area (Å²) in [4.78, 5) is 18.0. The number of carbonyl (C=O) groups is 1. The molecule has 0 spiro atoms. The fourth-order valence-electron chi connectivity index (χ4n) is 2.33. The van der Waals surface area contributed by atoms with Crippen LogP contribution in [-0.4, -0.2) is 50.1 Å². The van der Waals surface area contributed by atoms with E-state index >= 15 is 0 Å². The van der Waals surface area contributed by atoms with Gasteiger partial charge in [-0.25, -0.2) is 13.1 Å². The number of halogens is 1. The molecule has 1 aromatic heterocycles.